The highest BCUT2D eigenvalue weighted by Crippen LogP contribution is 2.32. The Hall–Kier alpha value is -4.68. The number of nitrogens with one attached hydrogen (secondary N) is 1. The summed E-state index contributed by atoms with van der Waals surface area (Å²) in [6.45, 7) is 0.0980. The maximum Gasteiger partial charge on any atom is 0.490 e. The number of aliphatic carboxylic acids is 1. The number of hydrogen-bond acceptors (Lipinski definition) is 7. The number of ether oxygens (including phenoxy) is 2. The molecule has 1 amide bonds. The highest BCUT2D eigenvalue weighted by Gasteiger charge is 2.38. The van der Waals surface area contributed by atoms with Crippen LogP contribution in [0.15, 0.2) is 67.0 Å². The Kier molecular flexibility index (Phi) is 7.49. The molecule has 0 aliphatic carbocycles. The summed E-state index contributed by atoms with van der Waals surface area (Å²) in [5.74, 6) is -2.00. The van der Waals surface area contributed by atoms with Crippen LogP contribution in [-0.4, -0.2) is 45.8 Å². The van der Waals surface area contributed by atoms with Crippen molar-refractivity contribution < 1.29 is 42.3 Å². The largest absolute Gasteiger partial charge is 0.490 e. The molecular formula is C22H16F3N3O7. The van der Waals surface area contributed by atoms with Gasteiger partial charge >= 0.3 is 12.1 Å². The second-order valence-corrected chi connectivity index (χ2v) is 6.88. The first-order valence-corrected chi connectivity index (χ1v) is 9.74. The number of carboxylic acids is 1. The van der Waals surface area contributed by atoms with Crippen LogP contribution in [0, 0.1) is 10.1 Å². The number of nitrogens with zero attached hydrogens (tertiary/aromatic N) is 2. The molecular weight excluding hydrogens is 475 g/mol. The van der Waals surface area contributed by atoms with E-state index in [0.29, 0.717) is 28.3 Å². The number of anilines is 1. The number of pyridine rings is 1. The predicted molar refractivity (Wildman–Crippen MR) is 115 cm³/mol. The summed E-state index contributed by atoms with van der Waals surface area (Å²) in [6, 6.07) is 14.8. The minimum Gasteiger partial charge on any atom is -0.485 e. The first-order valence-electron chi connectivity index (χ1n) is 9.74. The lowest BCUT2D eigenvalue weighted by Crippen LogP contribution is -2.40. The number of halogens is 3. The number of carboxylic acid groups (broad SMARTS) is 1. The van der Waals surface area contributed by atoms with Gasteiger partial charge in [-0.25, -0.2) is 4.79 Å². The maximum absolute atomic E-state index is 12.7. The van der Waals surface area contributed by atoms with Crippen LogP contribution in [0.1, 0.15) is 0 Å². The highest BCUT2D eigenvalue weighted by atomic mass is 19.4. The van der Waals surface area contributed by atoms with E-state index in [2.05, 4.69) is 10.3 Å². The summed E-state index contributed by atoms with van der Waals surface area (Å²) in [7, 11) is 0. The minimum atomic E-state index is -5.08. The molecule has 0 fully saturated rings. The van der Waals surface area contributed by atoms with E-state index >= 15 is 0 Å². The number of nitro benzene ring substituents is 1. The van der Waals surface area contributed by atoms with Crippen molar-refractivity contribution in [2.75, 3.05) is 11.9 Å². The number of carbonyl (C=O) groups is 2. The molecule has 10 nitrogen and oxygen atoms in total. The average Bonchev–Trinajstić information content (AvgIpc) is 2.84. The summed E-state index contributed by atoms with van der Waals surface area (Å²) >= 11 is 0. The first kappa shape index (κ1) is 25.0. The zero-order chi connectivity index (χ0) is 25.6. The van der Waals surface area contributed by atoms with Gasteiger partial charge in [0.15, 0.2) is 11.5 Å². The third kappa shape index (κ3) is 6.43. The molecule has 2 heterocycles. The van der Waals surface area contributed by atoms with E-state index in [0.717, 1.165) is 0 Å². The fourth-order valence-corrected chi connectivity index (χ4v) is 2.86. The van der Waals surface area contributed by atoms with Crippen molar-refractivity contribution in [2.24, 2.45) is 0 Å². The molecule has 2 N–H and O–H groups in total. The quantitative estimate of drug-likeness (QED) is 0.411. The van der Waals surface area contributed by atoms with Crippen molar-refractivity contribution in [3.05, 3.63) is 77.1 Å². The van der Waals surface area contributed by atoms with Gasteiger partial charge in [-0.3, -0.25) is 19.9 Å². The smallest absolute Gasteiger partial charge is 0.485 e. The lowest BCUT2D eigenvalue weighted by molar-refractivity contribution is -0.384. The molecule has 0 spiro atoms. The zero-order valence-electron chi connectivity index (χ0n) is 17.6. The molecule has 35 heavy (non-hydrogen) atoms. The Morgan fingerprint density at radius 3 is 2.31 bits per heavy atom. The van der Waals surface area contributed by atoms with Crippen LogP contribution in [0.25, 0.3) is 11.1 Å². The van der Waals surface area contributed by atoms with Crippen LogP contribution in [0.4, 0.5) is 24.5 Å². The molecule has 0 saturated heterocycles. The second kappa shape index (κ2) is 10.5. The molecule has 2 aromatic carbocycles. The number of carbonyl (C=O) groups excluding carboxylic acids is 1. The highest BCUT2D eigenvalue weighted by molar-refractivity contribution is 5.98. The molecule has 4 rings (SSSR count). The van der Waals surface area contributed by atoms with E-state index in [4.69, 9.17) is 19.4 Å². The molecule has 182 valence electrons. The van der Waals surface area contributed by atoms with Gasteiger partial charge in [0.25, 0.3) is 11.6 Å². The van der Waals surface area contributed by atoms with Crippen LogP contribution in [-0.2, 0) is 9.59 Å². The maximum atomic E-state index is 12.7. The Labute approximate surface area is 195 Å². The number of rotatable bonds is 4. The van der Waals surface area contributed by atoms with Gasteiger partial charge in [0.1, 0.15) is 6.61 Å². The molecule has 1 unspecified atom stereocenters. The van der Waals surface area contributed by atoms with Crippen molar-refractivity contribution in [2.45, 2.75) is 12.3 Å². The Bertz CT molecular complexity index is 1230. The minimum absolute atomic E-state index is 0.00959. The number of non-ortho nitro benzene ring substituents is 1. The second-order valence-electron chi connectivity index (χ2n) is 6.88. The standard InChI is InChI=1S/C20H15N3O5.C2HF3O2/c24-20(19-12-27-17-3-1-2-4-18(17)28-19)22-16-9-10-21-11-15(16)13-5-7-14(8-6-13)23(25)26;3-2(4,5)1(6)7/h1-11,19H,12H2,(H,21,22,24);(H,6,7). The molecule has 13 heteroatoms. The van der Waals surface area contributed by atoms with Gasteiger partial charge < -0.3 is 19.9 Å². The summed E-state index contributed by atoms with van der Waals surface area (Å²) < 4.78 is 43.0. The van der Waals surface area contributed by atoms with Crippen LogP contribution >= 0.6 is 0 Å². The summed E-state index contributed by atoms with van der Waals surface area (Å²) in [6.07, 6.45) is -2.74. The zero-order valence-corrected chi connectivity index (χ0v) is 17.6. The SMILES string of the molecule is O=C(Nc1ccncc1-c1ccc([N+](=O)[O-])cc1)C1COc2ccccc2O1.O=C(O)C(F)(F)F. The van der Waals surface area contributed by atoms with Gasteiger partial charge in [0.05, 0.1) is 10.6 Å². The molecule has 1 aliphatic heterocycles. The van der Waals surface area contributed by atoms with Crippen LogP contribution in [0.2, 0.25) is 0 Å². The van der Waals surface area contributed by atoms with Crippen molar-refractivity contribution in [1.82, 2.24) is 4.98 Å². The molecule has 1 atom stereocenters. The third-order valence-corrected chi connectivity index (χ3v) is 4.51. The van der Waals surface area contributed by atoms with Gasteiger partial charge in [-0.1, -0.05) is 12.1 Å². The van der Waals surface area contributed by atoms with E-state index in [1.807, 2.05) is 6.07 Å². The summed E-state index contributed by atoms with van der Waals surface area (Å²) in [5, 5.41) is 20.8. The van der Waals surface area contributed by atoms with E-state index in [-0.39, 0.29) is 18.2 Å². The number of alkyl halides is 3. The fourth-order valence-electron chi connectivity index (χ4n) is 2.86. The van der Waals surface area contributed by atoms with Crippen molar-refractivity contribution in [1.29, 1.82) is 0 Å². The average molecular weight is 491 g/mol. The topological polar surface area (TPSA) is 141 Å². The number of hydrogen-bond donors (Lipinski definition) is 2. The van der Waals surface area contributed by atoms with Crippen molar-refractivity contribution >= 4 is 23.3 Å². The van der Waals surface area contributed by atoms with Gasteiger partial charge in [-0.2, -0.15) is 13.2 Å². The Morgan fingerprint density at radius 1 is 1.09 bits per heavy atom. The number of amides is 1. The predicted octanol–water partition coefficient (Wildman–Crippen LogP) is 4.07. The number of benzene rings is 2. The fraction of sp³-hybridized carbons (Fsp3) is 0.136. The van der Waals surface area contributed by atoms with E-state index in [1.54, 1.807) is 48.8 Å². The van der Waals surface area contributed by atoms with Crippen LogP contribution < -0.4 is 14.8 Å². The van der Waals surface area contributed by atoms with Gasteiger partial charge in [-0.05, 0) is 35.9 Å². The number of aromatic nitrogens is 1. The van der Waals surface area contributed by atoms with Crippen LogP contribution in [0.3, 0.4) is 0 Å². The lowest BCUT2D eigenvalue weighted by atomic mass is 10.1. The molecule has 0 bridgehead atoms. The molecule has 3 aromatic rings. The summed E-state index contributed by atoms with van der Waals surface area (Å²) in [4.78, 5) is 36.0. The normalized spacial score (nSPS) is 14.2. The monoisotopic (exact) mass is 491 g/mol. The number of fused-ring (bicyclic) bond motifs is 1. The number of nitro groups is 1. The van der Waals surface area contributed by atoms with Gasteiger partial charge in [0.2, 0.25) is 6.10 Å². The molecule has 0 radical (unpaired) electrons. The molecule has 0 saturated carbocycles. The number of para-hydroxylation sites is 2. The van der Waals surface area contributed by atoms with E-state index in [1.165, 1.54) is 12.1 Å². The summed E-state index contributed by atoms with van der Waals surface area (Å²) in [5.41, 5.74) is 1.85. The van der Waals surface area contributed by atoms with Crippen molar-refractivity contribution in [3.63, 3.8) is 0 Å². The third-order valence-electron chi connectivity index (χ3n) is 4.51. The lowest BCUT2D eigenvalue weighted by Gasteiger charge is -2.25. The molecule has 1 aliphatic rings. The van der Waals surface area contributed by atoms with Gasteiger partial charge in [-0.15, -0.1) is 0 Å². The van der Waals surface area contributed by atoms with Crippen LogP contribution in [0.5, 0.6) is 11.5 Å². The Balaban J connectivity index is 0.000000429. The van der Waals surface area contributed by atoms with E-state index in [9.17, 15) is 28.1 Å². The van der Waals surface area contributed by atoms with Gasteiger partial charge in [0, 0.05) is 30.1 Å². The first-order chi connectivity index (χ1) is 16.6. The van der Waals surface area contributed by atoms with E-state index < -0.39 is 23.2 Å². The molecule has 1 aromatic heterocycles. The van der Waals surface area contributed by atoms with Crippen molar-refractivity contribution in [3.8, 4) is 22.6 Å². The Morgan fingerprint density at radius 2 is 1.71 bits per heavy atom.